The Morgan fingerprint density at radius 1 is 1.20 bits per heavy atom. The van der Waals surface area contributed by atoms with Gasteiger partial charge in [0.2, 0.25) is 0 Å². The number of nitrogens with zero attached hydrogens (tertiary/aromatic N) is 2. The Morgan fingerprint density at radius 3 is 2.90 bits per heavy atom. The van der Waals surface area contributed by atoms with Crippen molar-refractivity contribution >= 4 is 29.0 Å². The first kappa shape index (κ1) is 19.7. The van der Waals surface area contributed by atoms with Crippen LogP contribution in [0.1, 0.15) is 59.5 Å². The number of amides is 2. The smallest absolute Gasteiger partial charge is 0.318 e. The van der Waals surface area contributed by atoms with E-state index < -0.39 is 0 Å². The number of aryl methyl sites for hydroxylation is 1. The standard InChI is InChI=1S/C24H26ClN3OS/c1-2-12-26-24(29)28-15-19-18-9-3-4-11-21(18)30-23(19)27-13-6-10-20(27)22(28)16-7-5-8-17(25)14-16/h5-8,10,13-14,22H,2-4,9,11-12,15H2,1H3,(H,26,29)/t22-/m1/s1. The SMILES string of the molecule is CCCNC(=O)N1Cc2c(sc3c2CCCC3)-n2cccc2[C@H]1c1cccc(Cl)c1. The van der Waals surface area contributed by atoms with Gasteiger partial charge in [-0.2, -0.15) is 0 Å². The molecule has 1 N–H and O–H groups in total. The van der Waals surface area contributed by atoms with Gasteiger partial charge in [0.05, 0.1) is 18.3 Å². The molecule has 0 fully saturated rings. The third kappa shape index (κ3) is 3.34. The molecule has 1 aliphatic heterocycles. The van der Waals surface area contributed by atoms with Gasteiger partial charge >= 0.3 is 6.03 Å². The minimum atomic E-state index is -0.186. The minimum Gasteiger partial charge on any atom is -0.338 e. The van der Waals surface area contributed by atoms with Gasteiger partial charge in [0.25, 0.3) is 0 Å². The molecule has 0 radical (unpaired) electrons. The third-order valence-electron chi connectivity index (χ3n) is 6.13. The van der Waals surface area contributed by atoms with Crippen molar-refractivity contribution in [2.45, 2.75) is 51.6 Å². The van der Waals surface area contributed by atoms with Crippen LogP contribution in [0.4, 0.5) is 4.79 Å². The topological polar surface area (TPSA) is 37.3 Å². The van der Waals surface area contributed by atoms with Crippen LogP contribution in [0.15, 0.2) is 42.6 Å². The van der Waals surface area contributed by atoms with Crippen molar-refractivity contribution in [2.75, 3.05) is 6.54 Å². The Labute approximate surface area is 186 Å². The summed E-state index contributed by atoms with van der Waals surface area (Å²) in [5, 5.41) is 5.09. The van der Waals surface area contributed by atoms with Crippen LogP contribution < -0.4 is 5.32 Å². The molecule has 1 aromatic carbocycles. The molecule has 5 rings (SSSR count). The molecular weight excluding hydrogens is 414 g/mol. The summed E-state index contributed by atoms with van der Waals surface area (Å²) < 4.78 is 2.30. The number of hydrogen-bond donors (Lipinski definition) is 1. The molecule has 3 aromatic rings. The molecule has 2 aromatic heterocycles. The molecule has 2 amide bonds. The number of hydrogen-bond acceptors (Lipinski definition) is 2. The second-order valence-electron chi connectivity index (χ2n) is 8.12. The number of halogens is 1. The fraction of sp³-hybridized carbons (Fsp3) is 0.375. The van der Waals surface area contributed by atoms with Gasteiger partial charge < -0.3 is 14.8 Å². The second-order valence-corrected chi connectivity index (χ2v) is 9.64. The van der Waals surface area contributed by atoms with Crippen LogP contribution in [-0.4, -0.2) is 22.0 Å². The van der Waals surface area contributed by atoms with Crippen LogP contribution in [0, 0.1) is 0 Å². The zero-order valence-electron chi connectivity index (χ0n) is 17.2. The molecule has 0 spiro atoms. The lowest BCUT2D eigenvalue weighted by molar-refractivity contribution is 0.180. The number of fused-ring (bicyclic) bond motifs is 5. The molecule has 156 valence electrons. The first-order valence-electron chi connectivity index (χ1n) is 10.8. The lowest BCUT2D eigenvalue weighted by Gasteiger charge is -2.31. The van der Waals surface area contributed by atoms with Crippen molar-refractivity contribution in [3.63, 3.8) is 0 Å². The third-order valence-corrected chi connectivity index (χ3v) is 7.70. The predicted molar refractivity (Wildman–Crippen MR) is 123 cm³/mol. The van der Waals surface area contributed by atoms with Gasteiger partial charge in [-0.25, -0.2) is 4.79 Å². The average molecular weight is 440 g/mol. The van der Waals surface area contributed by atoms with E-state index in [1.165, 1.54) is 33.8 Å². The van der Waals surface area contributed by atoms with Gasteiger partial charge in [-0.05, 0) is 67.5 Å². The molecule has 0 saturated carbocycles. The van der Waals surface area contributed by atoms with E-state index in [0.717, 1.165) is 30.5 Å². The summed E-state index contributed by atoms with van der Waals surface area (Å²) in [4.78, 5) is 16.9. The van der Waals surface area contributed by atoms with Gasteiger partial charge in [0, 0.05) is 28.2 Å². The van der Waals surface area contributed by atoms with Crippen LogP contribution in [-0.2, 0) is 19.4 Å². The molecule has 30 heavy (non-hydrogen) atoms. The Hall–Kier alpha value is -2.24. The second kappa shape index (κ2) is 8.12. The average Bonchev–Trinajstić information content (AvgIpc) is 3.34. The van der Waals surface area contributed by atoms with Gasteiger partial charge in [0.15, 0.2) is 0 Å². The van der Waals surface area contributed by atoms with E-state index in [-0.39, 0.29) is 12.1 Å². The zero-order chi connectivity index (χ0) is 20.7. The van der Waals surface area contributed by atoms with Crippen LogP contribution in [0.5, 0.6) is 0 Å². The largest absolute Gasteiger partial charge is 0.338 e. The lowest BCUT2D eigenvalue weighted by atomic mass is 9.95. The zero-order valence-corrected chi connectivity index (χ0v) is 18.7. The van der Waals surface area contributed by atoms with E-state index in [2.05, 4.69) is 41.2 Å². The van der Waals surface area contributed by atoms with Gasteiger partial charge in [-0.15, -0.1) is 11.3 Å². The number of thiophene rings is 1. The van der Waals surface area contributed by atoms with Gasteiger partial charge in [-0.3, -0.25) is 0 Å². The maximum Gasteiger partial charge on any atom is 0.318 e. The fourth-order valence-electron chi connectivity index (χ4n) is 4.75. The molecule has 1 atom stereocenters. The quantitative estimate of drug-likeness (QED) is 0.526. The predicted octanol–water partition coefficient (Wildman–Crippen LogP) is 6.10. The Balaban J connectivity index is 1.69. The van der Waals surface area contributed by atoms with Gasteiger partial charge in [0.1, 0.15) is 5.00 Å². The van der Waals surface area contributed by atoms with E-state index in [4.69, 9.17) is 11.6 Å². The van der Waals surface area contributed by atoms with Crippen molar-refractivity contribution in [1.82, 2.24) is 14.8 Å². The molecular formula is C24H26ClN3OS. The van der Waals surface area contributed by atoms with Crippen LogP contribution in [0.3, 0.4) is 0 Å². The summed E-state index contributed by atoms with van der Waals surface area (Å²) in [5.41, 5.74) is 4.95. The Bertz CT molecular complexity index is 1090. The monoisotopic (exact) mass is 439 g/mol. The van der Waals surface area contributed by atoms with E-state index in [1.54, 1.807) is 0 Å². The number of nitrogens with one attached hydrogen (secondary N) is 1. The number of carbonyl (C=O) groups excluding carboxylic acids is 1. The van der Waals surface area contributed by atoms with Gasteiger partial charge in [-0.1, -0.05) is 30.7 Å². The van der Waals surface area contributed by atoms with Crippen LogP contribution >= 0.6 is 22.9 Å². The van der Waals surface area contributed by atoms with E-state index >= 15 is 0 Å². The summed E-state index contributed by atoms with van der Waals surface area (Å²) in [6, 6.07) is 11.9. The molecule has 0 saturated heterocycles. The van der Waals surface area contributed by atoms with Crippen LogP contribution in [0.25, 0.3) is 5.00 Å². The maximum atomic E-state index is 13.4. The lowest BCUT2D eigenvalue weighted by Crippen LogP contribution is -2.42. The fourth-order valence-corrected chi connectivity index (χ4v) is 6.35. The molecule has 4 nitrogen and oxygen atoms in total. The molecule has 2 aliphatic rings. The highest BCUT2D eigenvalue weighted by molar-refractivity contribution is 7.15. The van der Waals surface area contributed by atoms with Crippen molar-refractivity contribution < 1.29 is 4.79 Å². The van der Waals surface area contributed by atoms with E-state index in [0.29, 0.717) is 18.1 Å². The highest BCUT2D eigenvalue weighted by atomic mass is 35.5. The summed E-state index contributed by atoms with van der Waals surface area (Å²) in [6.07, 6.45) is 7.82. The highest BCUT2D eigenvalue weighted by Crippen LogP contribution is 2.44. The van der Waals surface area contributed by atoms with Crippen molar-refractivity contribution in [2.24, 2.45) is 0 Å². The number of carbonyl (C=O) groups is 1. The number of benzene rings is 1. The Morgan fingerprint density at radius 2 is 2.07 bits per heavy atom. The summed E-state index contributed by atoms with van der Waals surface area (Å²) in [7, 11) is 0. The summed E-state index contributed by atoms with van der Waals surface area (Å²) in [5.74, 6) is 0. The first-order valence-corrected chi connectivity index (χ1v) is 12.0. The van der Waals surface area contributed by atoms with E-state index in [9.17, 15) is 4.79 Å². The number of urea groups is 1. The Kier molecular flexibility index (Phi) is 5.34. The molecule has 0 bridgehead atoms. The summed E-state index contributed by atoms with van der Waals surface area (Å²) >= 11 is 8.26. The van der Waals surface area contributed by atoms with Crippen molar-refractivity contribution in [1.29, 1.82) is 0 Å². The number of aromatic nitrogens is 1. The molecule has 6 heteroatoms. The normalized spacial score (nSPS) is 17.7. The maximum absolute atomic E-state index is 13.4. The van der Waals surface area contributed by atoms with Crippen LogP contribution in [0.2, 0.25) is 5.02 Å². The molecule has 1 aliphatic carbocycles. The molecule has 3 heterocycles. The first-order chi connectivity index (χ1) is 14.7. The highest BCUT2D eigenvalue weighted by Gasteiger charge is 2.35. The van der Waals surface area contributed by atoms with Crippen molar-refractivity contribution in [3.8, 4) is 5.00 Å². The minimum absolute atomic E-state index is 0.0156. The molecule has 0 unspecified atom stereocenters. The number of rotatable bonds is 3. The van der Waals surface area contributed by atoms with E-state index in [1.807, 2.05) is 34.4 Å². The van der Waals surface area contributed by atoms with Crippen molar-refractivity contribution in [3.05, 3.63) is 74.9 Å². The summed E-state index contributed by atoms with van der Waals surface area (Å²) in [6.45, 7) is 3.37.